The van der Waals surface area contributed by atoms with E-state index in [1.54, 1.807) is 36.5 Å². The number of ketones is 1. The van der Waals surface area contributed by atoms with E-state index in [1.807, 2.05) is 13.0 Å². The van der Waals surface area contributed by atoms with E-state index in [-0.39, 0.29) is 18.8 Å². The maximum Gasteiger partial charge on any atom is 0.286 e. The maximum absolute atomic E-state index is 12.1. The third-order valence-electron chi connectivity index (χ3n) is 3.86. The van der Waals surface area contributed by atoms with Gasteiger partial charge in [0, 0.05) is 6.20 Å². The summed E-state index contributed by atoms with van der Waals surface area (Å²) >= 11 is 0.674. The predicted molar refractivity (Wildman–Crippen MR) is 98.5 cm³/mol. The average molecular weight is 371 g/mol. The molecule has 0 bridgehead atoms. The molecule has 2 amide bonds. The van der Waals surface area contributed by atoms with Gasteiger partial charge in [0.1, 0.15) is 11.4 Å². The molecular weight excluding hydrogens is 352 g/mol. The number of amides is 2. The summed E-state index contributed by atoms with van der Waals surface area (Å²) in [5, 5.41) is 0.0686. The Bertz CT molecular complexity index is 870. The van der Waals surface area contributed by atoms with Gasteiger partial charge in [-0.25, -0.2) is 0 Å². The number of Topliss-reactive ketones (excluding diaryl/α,β-unsaturated/α-hetero) is 1. The second-order valence-corrected chi connectivity index (χ2v) is 6.77. The number of thioether (sulfide) groups is 1. The number of aryl methyl sites for hydroxylation is 1. The van der Waals surface area contributed by atoms with Crippen molar-refractivity contribution in [2.24, 2.45) is 0 Å². The molecule has 1 fully saturated rings. The molecule has 0 spiro atoms. The molecule has 1 saturated heterocycles. The summed E-state index contributed by atoms with van der Waals surface area (Å²) in [6.45, 7) is 1.89. The molecule has 7 heteroatoms. The number of aromatic nitrogens is 1. The van der Waals surface area contributed by atoms with Crippen molar-refractivity contribution < 1.29 is 20.5 Å². The quantitative estimate of drug-likeness (QED) is 0.754. The van der Waals surface area contributed by atoms with Crippen LogP contribution in [0.15, 0.2) is 42.6 Å². The second-order valence-electron chi connectivity index (χ2n) is 5.70. The summed E-state index contributed by atoms with van der Waals surface area (Å²) < 4.78 is 13.6. The number of rotatable bonds is 7. The number of imide groups is 1. The van der Waals surface area contributed by atoms with Gasteiger partial charge >= 0.3 is 0 Å². The lowest BCUT2D eigenvalue weighted by Crippen LogP contribution is -2.25. The highest BCUT2D eigenvalue weighted by molar-refractivity contribution is 8.15. The fourth-order valence-corrected chi connectivity index (χ4v) is 3.12. The third kappa shape index (κ3) is 4.49. The number of hydrogen-bond acceptors (Lipinski definition) is 6. The molecule has 26 heavy (non-hydrogen) atoms. The summed E-state index contributed by atoms with van der Waals surface area (Å²) in [7, 11) is 0. The molecule has 1 N–H and O–H groups in total. The first-order chi connectivity index (χ1) is 12.9. The molecule has 1 aliphatic heterocycles. The molecule has 1 aromatic carbocycles. The number of nitrogens with one attached hydrogen (secondary N) is 1. The Morgan fingerprint density at radius 3 is 2.54 bits per heavy atom. The van der Waals surface area contributed by atoms with Crippen LogP contribution < -0.4 is 10.1 Å². The van der Waals surface area contributed by atoms with Gasteiger partial charge in [-0.15, -0.1) is 0 Å². The number of ether oxygens (including phenoxy) is 1. The van der Waals surface area contributed by atoms with Crippen LogP contribution >= 0.6 is 11.8 Å². The zero-order valence-corrected chi connectivity index (χ0v) is 15.0. The first kappa shape index (κ1) is 16.8. The van der Waals surface area contributed by atoms with Crippen LogP contribution in [0.2, 0.25) is 0 Å². The third-order valence-corrected chi connectivity index (χ3v) is 4.72. The number of pyridine rings is 1. The highest BCUT2D eigenvalue weighted by Crippen LogP contribution is 2.23. The van der Waals surface area contributed by atoms with Crippen LogP contribution in [0.4, 0.5) is 4.79 Å². The van der Waals surface area contributed by atoms with Crippen LogP contribution in [0.25, 0.3) is 0 Å². The van der Waals surface area contributed by atoms with E-state index in [4.69, 9.17) is 6.11 Å². The summed E-state index contributed by atoms with van der Waals surface area (Å²) in [6.07, 6.45) is 2.64. The van der Waals surface area contributed by atoms with E-state index in [9.17, 15) is 14.4 Å². The van der Waals surface area contributed by atoms with Crippen molar-refractivity contribution in [3.05, 3.63) is 59.4 Å². The van der Waals surface area contributed by atoms with Gasteiger partial charge in [-0.3, -0.25) is 24.7 Å². The summed E-state index contributed by atoms with van der Waals surface area (Å²) in [5.41, 5.74) is 2.14. The molecule has 0 radical (unpaired) electrons. The van der Waals surface area contributed by atoms with Gasteiger partial charge in [0.2, 0.25) is 11.7 Å². The second kappa shape index (κ2) is 8.14. The fourth-order valence-electron chi connectivity index (χ4n) is 2.37. The lowest BCUT2D eigenvalue weighted by atomic mass is 10.1. The number of carbonyl (C=O) groups excluding carboxylic acids is 3. The summed E-state index contributed by atoms with van der Waals surface area (Å²) in [6, 6.07) is 10.3. The zero-order valence-electron chi connectivity index (χ0n) is 15.2. The maximum atomic E-state index is 12.1. The zero-order chi connectivity index (χ0) is 19.4. The predicted octanol–water partition coefficient (Wildman–Crippen LogP) is 2.80. The fraction of sp³-hybridized carbons (Fsp3) is 0.263. The van der Waals surface area contributed by atoms with Gasteiger partial charge in [-0.1, -0.05) is 36.9 Å². The van der Waals surface area contributed by atoms with Crippen LogP contribution in [0, 0.1) is 0 Å². The van der Waals surface area contributed by atoms with Crippen LogP contribution in [0.1, 0.15) is 29.9 Å². The van der Waals surface area contributed by atoms with Crippen LogP contribution in [-0.4, -0.2) is 33.7 Å². The number of benzene rings is 1. The summed E-state index contributed by atoms with van der Waals surface area (Å²) in [5.74, 6) is -0.328. The SMILES string of the molecule is [2H]C1(Cc2ccc(OCC(=O)c3ccc(CC)cn3)cc2)SC(=O)NC1=O. The number of nitrogens with zero attached hydrogens (tertiary/aromatic N) is 1. The van der Waals surface area contributed by atoms with Crippen molar-refractivity contribution in [3.8, 4) is 5.75 Å². The van der Waals surface area contributed by atoms with Gasteiger partial charge < -0.3 is 4.74 Å². The van der Waals surface area contributed by atoms with Gasteiger partial charge in [0.05, 0.1) is 6.60 Å². The van der Waals surface area contributed by atoms with E-state index in [0.29, 0.717) is 23.2 Å². The number of carbonyl (C=O) groups is 3. The molecule has 2 aromatic rings. The van der Waals surface area contributed by atoms with E-state index < -0.39 is 16.4 Å². The van der Waals surface area contributed by atoms with E-state index in [2.05, 4.69) is 10.3 Å². The molecule has 134 valence electrons. The Morgan fingerprint density at radius 1 is 1.23 bits per heavy atom. The van der Waals surface area contributed by atoms with Gasteiger partial charge in [0.25, 0.3) is 5.24 Å². The molecule has 2 heterocycles. The minimum Gasteiger partial charge on any atom is -0.485 e. The Balaban J connectivity index is 1.56. The molecule has 1 unspecified atom stereocenters. The topological polar surface area (TPSA) is 85.4 Å². The van der Waals surface area contributed by atoms with E-state index in [1.165, 1.54) is 0 Å². The van der Waals surface area contributed by atoms with Crippen LogP contribution in [0.5, 0.6) is 5.75 Å². The monoisotopic (exact) mass is 371 g/mol. The van der Waals surface area contributed by atoms with E-state index >= 15 is 0 Å². The van der Waals surface area contributed by atoms with Crippen LogP contribution in [0.3, 0.4) is 0 Å². The first-order valence-electron chi connectivity index (χ1n) is 8.64. The largest absolute Gasteiger partial charge is 0.485 e. The highest BCUT2D eigenvalue weighted by Gasteiger charge is 2.31. The van der Waals surface area contributed by atoms with E-state index in [0.717, 1.165) is 17.5 Å². The minimum atomic E-state index is -1.55. The van der Waals surface area contributed by atoms with Crippen molar-refractivity contribution in [1.29, 1.82) is 0 Å². The van der Waals surface area contributed by atoms with Gasteiger partial charge in [-0.2, -0.15) is 0 Å². The molecule has 3 rings (SSSR count). The lowest BCUT2D eigenvalue weighted by Gasteiger charge is -2.08. The van der Waals surface area contributed by atoms with Crippen molar-refractivity contribution >= 4 is 28.7 Å². The van der Waals surface area contributed by atoms with Crippen molar-refractivity contribution in [3.63, 3.8) is 0 Å². The molecule has 0 saturated carbocycles. The molecule has 1 aliphatic rings. The Labute approximate surface area is 156 Å². The normalized spacial score (nSPS) is 19.8. The number of hydrogen-bond donors (Lipinski definition) is 1. The van der Waals surface area contributed by atoms with Gasteiger partial charge in [0.15, 0.2) is 6.61 Å². The average Bonchev–Trinajstić information content (AvgIpc) is 2.92. The lowest BCUT2D eigenvalue weighted by molar-refractivity contribution is -0.118. The van der Waals surface area contributed by atoms with Crippen LogP contribution in [-0.2, 0) is 17.6 Å². The van der Waals surface area contributed by atoms with Crippen molar-refractivity contribution in [2.45, 2.75) is 25.0 Å². The molecular formula is C19H18N2O4S. The minimum absolute atomic E-state index is 0.0994. The van der Waals surface area contributed by atoms with Gasteiger partial charge in [-0.05, 0) is 42.2 Å². The first-order valence-corrected chi connectivity index (χ1v) is 8.95. The van der Waals surface area contributed by atoms with Crippen molar-refractivity contribution in [1.82, 2.24) is 10.3 Å². The summed E-state index contributed by atoms with van der Waals surface area (Å²) in [4.78, 5) is 39.3. The molecule has 6 nitrogen and oxygen atoms in total. The molecule has 1 atom stereocenters. The Morgan fingerprint density at radius 2 is 1.96 bits per heavy atom. The standard InChI is InChI=1S/C19H18N2O4S/c1-2-12-5-8-15(20-10-12)16(22)11-25-14-6-3-13(4-7-14)9-17-18(23)21-19(24)26-17/h3-8,10,17H,2,9,11H2,1H3,(H,21,23,24)/i17D. The van der Waals surface area contributed by atoms with Crippen molar-refractivity contribution in [2.75, 3.05) is 6.61 Å². The smallest absolute Gasteiger partial charge is 0.286 e. The Hall–Kier alpha value is -2.67. The highest BCUT2D eigenvalue weighted by atomic mass is 32.2. The molecule has 1 aromatic heterocycles. The molecule has 0 aliphatic carbocycles. The Kier molecular flexibility index (Phi) is 5.25.